The molecule has 0 bridgehead atoms. The Hall–Kier alpha value is -4.45. The Bertz CT molecular complexity index is 1310. The zero-order valence-electron chi connectivity index (χ0n) is 17.8. The summed E-state index contributed by atoms with van der Waals surface area (Å²) in [5.41, 5.74) is 5.31. The van der Waals surface area contributed by atoms with Gasteiger partial charge in [-0.3, -0.25) is 4.79 Å². The Balaban J connectivity index is 1.37. The molecule has 2 N–H and O–H groups in total. The summed E-state index contributed by atoms with van der Waals surface area (Å²) in [6.07, 6.45) is 1.77. The Kier molecular flexibility index (Phi) is 6.75. The smallest absolute Gasteiger partial charge is 0.335 e. The van der Waals surface area contributed by atoms with Crippen molar-refractivity contribution in [2.24, 2.45) is 5.10 Å². The lowest BCUT2D eigenvalue weighted by Gasteiger charge is -2.09. The third-order valence-electron chi connectivity index (χ3n) is 5.14. The largest absolute Gasteiger partial charge is 0.488 e. The molecule has 0 aromatic heterocycles. The molecule has 0 aliphatic heterocycles. The van der Waals surface area contributed by atoms with Gasteiger partial charge in [-0.25, -0.2) is 10.2 Å². The third kappa shape index (κ3) is 5.62. The van der Waals surface area contributed by atoms with Gasteiger partial charge < -0.3 is 9.84 Å². The lowest BCUT2D eigenvalue weighted by atomic mass is 10.0. The van der Waals surface area contributed by atoms with E-state index in [-0.39, 0.29) is 24.5 Å². The van der Waals surface area contributed by atoms with E-state index < -0.39 is 5.97 Å². The van der Waals surface area contributed by atoms with Gasteiger partial charge in [0.25, 0.3) is 0 Å². The van der Waals surface area contributed by atoms with Crippen LogP contribution in [0.15, 0.2) is 96.1 Å². The molecule has 0 fully saturated rings. The van der Waals surface area contributed by atoms with Crippen molar-refractivity contribution >= 4 is 28.9 Å². The molecule has 0 radical (unpaired) electrons. The molecule has 0 spiro atoms. The number of fused-ring (bicyclic) bond motifs is 1. The van der Waals surface area contributed by atoms with Gasteiger partial charge in [-0.15, -0.1) is 0 Å². The SMILES string of the molecule is O=C(Cc1cccc2ccccc12)N/N=C\c1ccccc1OCc1ccc(C(=O)O)cc1. The monoisotopic (exact) mass is 438 g/mol. The number of amides is 1. The number of carboxylic acid groups (broad SMARTS) is 1. The molecular weight excluding hydrogens is 416 g/mol. The van der Waals surface area contributed by atoms with E-state index in [1.165, 1.54) is 0 Å². The first-order valence-corrected chi connectivity index (χ1v) is 10.4. The summed E-state index contributed by atoms with van der Waals surface area (Å²) in [4.78, 5) is 23.4. The van der Waals surface area contributed by atoms with Crippen molar-refractivity contribution in [1.82, 2.24) is 5.43 Å². The van der Waals surface area contributed by atoms with Crippen molar-refractivity contribution in [3.05, 3.63) is 113 Å². The molecule has 6 heteroatoms. The highest BCUT2D eigenvalue weighted by molar-refractivity contribution is 5.91. The topological polar surface area (TPSA) is 88.0 Å². The van der Waals surface area contributed by atoms with E-state index in [4.69, 9.17) is 9.84 Å². The van der Waals surface area contributed by atoms with Gasteiger partial charge in [0.1, 0.15) is 12.4 Å². The first kappa shape index (κ1) is 21.8. The van der Waals surface area contributed by atoms with E-state index in [2.05, 4.69) is 10.5 Å². The average Bonchev–Trinajstić information content (AvgIpc) is 2.84. The molecule has 6 nitrogen and oxygen atoms in total. The molecule has 0 atom stereocenters. The van der Waals surface area contributed by atoms with Crippen molar-refractivity contribution in [3.8, 4) is 5.75 Å². The number of ether oxygens (including phenoxy) is 1. The summed E-state index contributed by atoms with van der Waals surface area (Å²) in [6.45, 7) is 0.276. The molecule has 0 aliphatic carbocycles. The van der Waals surface area contributed by atoms with Crippen LogP contribution in [0.25, 0.3) is 10.8 Å². The van der Waals surface area contributed by atoms with Gasteiger partial charge >= 0.3 is 5.97 Å². The Labute approximate surface area is 191 Å². The second kappa shape index (κ2) is 10.2. The molecule has 1 amide bonds. The van der Waals surface area contributed by atoms with Crippen LogP contribution in [0.2, 0.25) is 0 Å². The van der Waals surface area contributed by atoms with Crippen LogP contribution in [0.5, 0.6) is 5.75 Å². The Morgan fingerprint density at radius 1 is 0.879 bits per heavy atom. The number of hydrazone groups is 1. The number of carbonyl (C=O) groups excluding carboxylic acids is 1. The van der Waals surface area contributed by atoms with E-state index in [0.717, 1.165) is 21.9 Å². The van der Waals surface area contributed by atoms with Crippen molar-refractivity contribution in [2.75, 3.05) is 0 Å². The Morgan fingerprint density at radius 3 is 2.42 bits per heavy atom. The highest BCUT2D eigenvalue weighted by Gasteiger charge is 2.07. The first-order valence-electron chi connectivity index (χ1n) is 10.4. The van der Waals surface area contributed by atoms with Gasteiger partial charge in [-0.1, -0.05) is 66.7 Å². The van der Waals surface area contributed by atoms with E-state index in [9.17, 15) is 9.59 Å². The van der Waals surface area contributed by atoms with Crippen LogP contribution < -0.4 is 10.2 Å². The van der Waals surface area contributed by atoms with Crippen LogP contribution in [-0.4, -0.2) is 23.2 Å². The lowest BCUT2D eigenvalue weighted by Crippen LogP contribution is -2.20. The van der Waals surface area contributed by atoms with Gasteiger partial charge in [0.05, 0.1) is 18.2 Å². The summed E-state index contributed by atoms with van der Waals surface area (Å²) in [5.74, 6) is -0.571. The van der Waals surface area contributed by atoms with E-state index in [1.54, 1.807) is 30.5 Å². The van der Waals surface area contributed by atoms with Gasteiger partial charge in [0.15, 0.2) is 0 Å². The van der Waals surface area contributed by atoms with Gasteiger partial charge in [0, 0.05) is 5.56 Å². The second-order valence-electron chi connectivity index (χ2n) is 7.44. The number of benzene rings is 4. The Morgan fingerprint density at radius 2 is 1.61 bits per heavy atom. The fraction of sp³-hybridized carbons (Fsp3) is 0.0741. The van der Waals surface area contributed by atoms with Crippen LogP contribution in [0, 0.1) is 0 Å². The molecule has 0 saturated heterocycles. The standard InChI is InChI=1S/C27H22N2O4/c30-26(16-22-9-5-8-20-6-1-3-10-24(20)22)29-28-17-23-7-2-4-11-25(23)33-18-19-12-14-21(15-13-19)27(31)32/h1-15,17H,16,18H2,(H,29,30)(H,31,32)/b28-17-. The number of para-hydroxylation sites is 1. The number of nitrogens with zero attached hydrogens (tertiary/aromatic N) is 1. The number of aromatic carboxylic acids is 1. The molecule has 164 valence electrons. The number of hydrogen-bond donors (Lipinski definition) is 2. The quantitative estimate of drug-likeness (QED) is 0.305. The maximum atomic E-state index is 12.4. The lowest BCUT2D eigenvalue weighted by molar-refractivity contribution is -0.120. The third-order valence-corrected chi connectivity index (χ3v) is 5.14. The van der Waals surface area contributed by atoms with Crippen molar-refractivity contribution < 1.29 is 19.4 Å². The molecule has 0 heterocycles. The number of nitrogens with one attached hydrogen (secondary N) is 1. The van der Waals surface area contributed by atoms with Gasteiger partial charge in [0.2, 0.25) is 5.91 Å². The molecule has 4 rings (SSSR count). The van der Waals surface area contributed by atoms with Gasteiger partial charge in [-0.2, -0.15) is 5.10 Å². The highest BCUT2D eigenvalue weighted by Crippen LogP contribution is 2.19. The van der Waals surface area contributed by atoms with Crippen molar-refractivity contribution in [1.29, 1.82) is 0 Å². The van der Waals surface area contributed by atoms with Crippen LogP contribution in [0.4, 0.5) is 0 Å². The minimum absolute atomic E-state index is 0.209. The summed E-state index contributed by atoms with van der Waals surface area (Å²) in [5, 5.41) is 15.2. The number of hydrogen-bond acceptors (Lipinski definition) is 4. The first-order chi connectivity index (χ1) is 16.1. The fourth-order valence-electron chi connectivity index (χ4n) is 3.46. The number of carbonyl (C=O) groups is 2. The average molecular weight is 438 g/mol. The van der Waals surface area contributed by atoms with Crippen LogP contribution in [0.1, 0.15) is 27.0 Å². The molecule has 0 unspecified atom stereocenters. The fourth-order valence-corrected chi connectivity index (χ4v) is 3.46. The molecular formula is C27H22N2O4. The minimum atomic E-state index is -0.966. The van der Waals surface area contributed by atoms with E-state index in [1.807, 2.05) is 66.7 Å². The van der Waals surface area contributed by atoms with E-state index >= 15 is 0 Å². The minimum Gasteiger partial charge on any atom is -0.488 e. The van der Waals surface area contributed by atoms with Crippen molar-refractivity contribution in [2.45, 2.75) is 13.0 Å². The predicted molar refractivity (Wildman–Crippen MR) is 128 cm³/mol. The van der Waals surface area contributed by atoms with Crippen LogP contribution in [0.3, 0.4) is 0 Å². The predicted octanol–water partition coefficient (Wildman–Crippen LogP) is 4.81. The second-order valence-corrected chi connectivity index (χ2v) is 7.44. The molecule has 4 aromatic rings. The van der Waals surface area contributed by atoms with Crippen LogP contribution in [-0.2, 0) is 17.8 Å². The molecule has 4 aromatic carbocycles. The van der Waals surface area contributed by atoms with E-state index in [0.29, 0.717) is 11.3 Å². The normalized spacial score (nSPS) is 10.9. The summed E-state index contributed by atoms with van der Waals surface area (Å²) >= 11 is 0. The zero-order valence-corrected chi connectivity index (χ0v) is 17.8. The molecule has 33 heavy (non-hydrogen) atoms. The number of carboxylic acids is 1. The van der Waals surface area contributed by atoms with Gasteiger partial charge in [-0.05, 0) is 46.2 Å². The zero-order chi connectivity index (χ0) is 23.0. The summed E-state index contributed by atoms with van der Waals surface area (Å²) in [7, 11) is 0. The summed E-state index contributed by atoms with van der Waals surface area (Å²) < 4.78 is 5.87. The van der Waals surface area contributed by atoms with Crippen molar-refractivity contribution in [3.63, 3.8) is 0 Å². The number of rotatable bonds is 8. The maximum absolute atomic E-state index is 12.4. The maximum Gasteiger partial charge on any atom is 0.335 e. The van der Waals surface area contributed by atoms with Crippen LogP contribution >= 0.6 is 0 Å². The summed E-state index contributed by atoms with van der Waals surface area (Å²) in [6, 6.07) is 27.7. The highest BCUT2D eigenvalue weighted by atomic mass is 16.5. The molecule has 0 saturated carbocycles. The molecule has 0 aliphatic rings.